The van der Waals surface area contributed by atoms with Crippen molar-refractivity contribution in [1.29, 1.82) is 0 Å². The van der Waals surface area contributed by atoms with Crippen molar-refractivity contribution >= 4 is 23.0 Å². The average Bonchev–Trinajstić information content (AvgIpc) is 1.97. The molecule has 0 bridgehead atoms. The van der Waals surface area contributed by atoms with Crippen LogP contribution in [0.25, 0.3) is 0 Å². The molecule has 0 aliphatic rings. The summed E-state index contributed by atoms with van der Waals surface area (Å²) in [7, 11) is 0. The molecule has 0 saturated heterocycles. The summed E-state index contributed by atoms with van der Waals surface area (Å²) in [6.45, 7) is 5.44. The lowest BCUT2D eigenvalue weighted by molar-refractivity contribution is 0.349. The molecular formula is C8H17IO. The normalized spacial score (nSPS) is 13.5. The van der Waals surface area contributed by atoms with Gasteiger partial charge in [-0.2, -0.15) is 0 Å². The molecule has 0 spiro atoms. The largest absolute Gasteiger partial charge is 0.316 e. The van der Waals surface area contributed by atoms with Gasteiger partial charge in [0, 0.05) is 0 Å². The Hall–Kier alpha value is 0.690. The standard InChI is InChI=1S/C8H17IO/c1-3-4-5-8(2)6-7-10-9/h8H,3-7H2,1-2H3. The van der Waals surface area contributed by atoms with E-state index < -0.39 is 0 Å². The number of halogens is 1. The van der Waals surface area contributed by atoms with Gasteiger partial charge in [0.05, 0.1) is 6.61 Å². The van der Waals surface area contributed by atoms with E-state index in [4.69, 9.17) is 3.07 Å². The van der Waals surface area contributed by atoms with Crippen LogP contribution < -0.4 is 0 Å². The van der Waals surface area contributed by atoms with Gasteiger partial charge in [-0.15, -0.1) is 0 Å². The molecule has 0 heterocycles. The minimum Gasteiger partial charge on any atom is -0.316 e. The summed E-state index contributed by atoms with van der Waals surface area (Å²) in [4.78, 5) is 0. The lowest BCUT2D eigenvalue weighted by atomic mass is 10.0. The lowest BCUT2D eigenvalue weighted by Gasteiger charge is -2.07. The van der Waals surface area contributed by atoms with E-state index in [1.807, 2.05) is 23.0 Å². The van der Waals surface area contributed by atoms with Crippen LogP contribution in [0.15, 0.2) is 0 Å². The zero-order chi connectivity index (χ0) is 7.82. The molecule has 0 N–H and O–H groups in total. The first kappa shape index (κ1) is 10.7. The second-order valence-electron chi connectivity index (χ2n) is 2.85. The third-order valence-corrected chi connectivity index (χ3v) is 2.18. The van der Waals surface area contributed by atoms with Gasteiger partial charge in [0.25, 0.3) is 0 Å². The Kier molecular flexibility index (Phi) is 8.33. The van der Waals surface area contributed by atoms with Crippen molar-refractivity contribution in [2.75, 3.05) is 6.61 Å². The monoisotopic (exact) mass is 256 g/mol. The molecule has 0 aliphatic carbocycles. The van der Waals surface area contributed by atoms with Crippen molar-refractivity contribution in [3.63, 3.8) is 0 Å². The van der Waals surface area contributed by atoms with E-state index in [-0.39, 0.29) is 0 Å². The molecule has 0 aromatic carbocycles. The number of rotatable bonds is 6. The first-order valence-corrected chi connectivity index (χ1v) is 4.92. The highest BCUT2D eigenvalue weighted by molar-refractivity contribution is 14.1. The summed E-state index contributed by atoms with van der Waals surface area (Å²) in [6, 6.07) is 0. The van der Waals surface area contributed by atoms with Crippen molar-refractivity contribution in [1.82, 2.24) is 0 Å². The molecule has 0 radical (unpaired) electrons. The van der Waals surface area contributed by atoms with E-state index in [2.05, 4.69) is 13.8 Å². The Morgan fingerprint density at radius 2 is 2.10 bits per heavy atom. The van der Waals surface area contributed by atoms with Crippen LogP contribution in [-0.2, 0) is 3.07 Å². The molecule has 0 fully saturated rings. The molecule has 1 nitrogen and oxygen atoms in total. The van der Waals surface area contributed by atoms with Gasteiger partial charge in [0.2, 0.25) is 0 Å². The third kappa shape index (κ3) is 6.81. The average molecular weight is 256 g/mol. The summed E-state index contributed by atoms with van der Waals surface area (Å²) < 4.78 is 4.96. The second kappa shape index (κ2) is 7.79. The van der Waals surface area contributed by atoms with Gasteiger partial charge in [-0.3, -0.25) is 0 Å². The molecule has 0 aromatic rings. The molecule has 62 valence electrons. The van der Waals surface area contributed by atoms with E-state index in [0.29, 0.717) is 0 Å². The van der Waals surface area contributed by atoms with Gasteiger partial charge in [0.15, 0.2) is 0 Å². The molecule has 0 rings (SSSR count). The van der Waals surface area contributed by atoms with Crippen LogP contribution in [0.4, 0.5) is 0 Å². The molecule has 1 unspecified atom stereocenters. The molecule has 0 amide bonds. The molecule has 2 heteroatoms. The summed E-state index contributed by atoms with van der Waals surface area (Å²) >= 11 is 1.96. The maximum atomic E-state index is 4.96. The Morgan fingerprint density at radius 3 is 2.60 bits per heavy atom. The maximum absolute atomic E-state index is 4.96. The third-order valence-electron chi connectivity index (χ3n) is 1.74. The van der Waals surface area contributed by atoms with Crippen LogP contribution in [0.3, 0.4) is 0 Å². The topological polar surface area (TPSA) is 9.23 Å². The first-order chi connectivity index (χ1) is 4.81. The molecule has 0 aromatic heterocycles. The lowest BCUT2D eigenvalue weighted by Crippen LogP contribution is -1.97. The van der Waals surface area contributed by atoms with Gasteiger partial charge in [-0.05, 0) is 12.3 Å². The van der Waals surface area contributed by atoms with E-state index in [9.17, 15) is 0 Å². The maximum Gasteiger partial charge on any atom is 0.109 e. The zero-order valence-electron chi connectivity index (χ0n) is 6.90. The zero-order valence-corrected chi connectivity index (χ0v) is 9.06. The van der Waals surface area contributed by atoms with E-state index in [1.54, 1.807) is 0 Å². The predicted molar refractivity (Wildman–Crippen MR) is 53.3 cm³/mol. The Morgan fingerprint density at radius 1 is 1.40 bits per heavy atom. The van der Waals surface area contributed by atoms with Crippen LogP contribution >= 0.6 is 23.0 Å². The Labute approximate surface area is 78.2 Å². The number of unbranched alkanes of at least 4 members (excludes halogenated alkanes) is 1. The Bertz CT molecular complexity index is 58.3. The highest BCUT2D eigenvalue weighted by atomic mass is 127. The highest BCUT2D eigenvalue weighted by Gasteiger charge is 1.99. The number of hydrogen-bond donors (Lipinski definition) is 0. The summed E-state index contributed by atoms with van der Waals surface area (Å²) in [5.74, 6) is 0.842. The van der Waals surface area contributed by atoms with Crippen LogP contribution in [0, 0.1) is 5.92 Å². The minimum absolute atomic E-state index is 0.842. The number of hydrogen-bond acceptors (Lipinski definition) is 1. The predicted octanol–water partition coefficient (Wildman–Crippen LogP) is 3.57. The summed E-state index contributed by atoms with van der Waals surface area (Å²) in [6.07, 6.45) is 5.25. The van der Waals surface area contributed by atoms with Gasteiger partial charge in [0.1, 0.15) is 23.0 Å². The van der Waals surface area contributed by atoms with E-state index in [0.717, 1.165) is 12.5 Å². The van der Waals surface area contributed by atoms with Crippen LogP contribution in [-0.4, -0.2) is 6.61 Å². The van der Waals surface area contributed by atoms with Crippen molar-refractivity contribution in [2.45, 2.75) is 39.5 Å². The first-order valence-electron chi connectivity index (χ1n) is 4.04. The molecule has 0 saturated carbocycles. The molecule has 1 atom stereocenters. The fraction of sp³-hybridized carbons (Fsp3) is 1.00. The van der Waals surface area contributed by atoms with Gasteiger partial charge < -0.3 is 3.07 Å². The molecule has 10 heavy (non-hydrogen) atoms. The summed E-state index contributed by atoms with van der Waals surface area (Å²) in [5, 5.41) is 0. The fourth-order valence-electron chi connectivity index (χ4n) is 0.943. The van der Waals surface area contributed by atoms with E-state index >= 15 is 0 Å². The van der Waals surface area contributed by atoms with Gasteiger partial charge in [-0.1, -0.05) is 33.1 Å². The molecule has 0 aliphatic heterocycles. The van der Waals surface area contributed by atoms with Gasteiger partial charge in [-0.25, -0.2) is 0 Å². The second-order valence-corrected chi connectivity index (χ2v) is 3.47. The van der Waals surface area contributed by atoms with Gasteiger partial charge >= 0.3 is 0 Å². The minimum atomic E-state index is 0.842. The van der Waals surface area contributed by atoms with Crippen molar-refractivity contribution < 1.29 is 3.07 Å². The van der Waals surface area contributed by atoms with Crippen molar-refractivity contribution in [3.05, 3.63) is 0 Å². The summed E-state index contributed by atoms with van der Waals surface area (Å²) in [5.41, 5.74) is 0. The van der Waals surface area contributed by atoms with Crippen LogP contribution in [0.1, 0.15) is 39.5 Å². The van der Waals surface area contributed by atoms with Crippen LogP contribution in [0.2, 0.25) is 0 Å². The van der Waals surface area contributed by atoms with Crippen LogP contribution in [0.5, 0.6) is 0 Å². The Balaban J connectivity index is 3.00. The van der Waals surface area contributed by atoms with Crippen molar-refractivity contribution in [2.24, 2.45) is 5.92 Å². The van der Waals surface area contributed by atoms with Crippen molar-refractivity contribution in [3.8, 4) is 0 Å². The quantitative estimate of drug-likeness (QED) is 0.660. The highest BCUT2D eigenvalue weighted by Crippen LogP contribution is 2.11. The fourth-order valence-corrected chi connectivity index (χ4v) is 1.20. The SMILES string of the molecule is CCCCC(C)CCOI. The smallest absolute Gasteiger partial charge is 0.109 e. The molecular weight excluding hydrogens is 239 g/mol. The van der Waals surface area contributed by atoms with E-state index in [1.165, 1.54) is 25.7 Å².